The van der Waals surface area contributed by atoms with Gasteiger partial charge in [-0.15, -0.1) is 0 Å². The number of hydrogen-bond acceptors (Lipinski definition) is 5. The molecule has 7 nitrogen and oxygen atoms in total. The highest BCUT2D eigenvalue weighted by Crippen LogP contribution is 2.41. The largest absolute Gasteiger partial charge is 0.394 e. The maximum absolute atomic E-state index is 13.7. The number of H-pyrrole nitrogens is 1. The average molecular weight is 264 g/mol. The number of aliphatic hydroxyl groups excluding tert-OH is 2. The molecule has 1 aliphatic heterocycles. The van der Waals surface area contributed by atoms with Gasteiger partial charge >= 0.3 is 11.6 Å². The quantitative estimate of drug-likeness (QED) is 0.598. The number of aromatic amines is 1. The summed E-state index contributed by atoms with van der Waals surface area (Å²) in [5.41, 5.74) is -1.82. The van der Waals surface area contributed by atoms with Crippen molar-refractivity contribution in [1.82, 2.24) is 9.55 Å². The Balaban J connectivity index is 2.45. The highest BCUT2D eigenvalue weighted by molar-refractivity contribution is 4.97. The van der Waals surface area contributed by atoms with E-state index in [9.17, 15) is 23.5 Å². The minimum atomic E-state index is -3.75. The van der Waals surface area contributed by atoms with Gasteiger partial charge in [-0.2, -0.15) is 8.78 Å². The van der Waals surface area contributed by atoms with Crippen LogP contribution in [0.25, 0.3) is 0 Å². The zero-order chi connectivity index (χ0) is 13.5. The van der Waals surface area contributed by atoms with E-state index in [0.717, 1.165) is 12.3 Å². The van der Waals surface area contributed by atoms with Gasteiger partial charge in [0.25, 0.3) is 5.56 Å². The molecule has 18 heavy (non-hydrogen) atoms. The number of aliphatic hydroxyl groups is 2. The van der Waals surface area contributed by atoms with E-state index in [1.54, 1.807) is 4.98 Å². The second-order valence-corrected chi connectivity index (χ2v) is 3.85. The lowest BCUT2D eigenvalue weighted by Gasteiger charge is -2.20. The monoisotopic (exact) mass is 264 g/mol. The van der Waals surface area contributed by atoms with E-state index in [4.69, 9.17) is 9.84 Å². The molecule has 0 saturated carbocycles. The van der Waals surface area contributed by atoms with Gasteiger partial charge in [-0.3, -0.25) is 14.3 Å². The molecule has 0 amide bonds. The van der Waals surface area contributed by atoms with Crippen LogP contribution in [0.1, 0.15) is 6.23 Å². The van der Waals surface area contributed by atoms with Crippen LogP contribution in [0.3, 0.4) is 0 Å². The molecule has 2 rings (SSSR count). The van der Waals surface area contributed by atoms with Crippen molar-refractivity contribution >= 4 is 0 Å². The molecule has 1 aliphatic rings. The predicted molar refractivity (Wildman–Crippen MR) is 53.3 cm³/mol. The molecule has 3 atom stereocenters. The Morgan fingerprint density at radius 1 is 1.50 bits per heavy atom. The number of alkyl halides is 2. The molecule has 2 heterocycles. The van der Waals surface area contributed by atoms with E-state index in [1.165, 1.54) is 0 Å². The van der Waals surface area contributed by atoms with Crippen LogP contribution >= 0.6 is 0 Å². The van der Waals surface area contributed by atoms with Crippen LogP contribution in [0.2, 0.25) is 0 Å². The summed E-state index contributed by atoms with van der Waals surface area (Å²) < 4.78 is 32.5. The van der Waals surface area contributed by atoms with E-state index in [2.05, 4.69) is 0 Å². The van der Waals surface area contributed by atoms with Crippen molar-refractivity contribution in [1.29, 1.82) is 0 Å². The molecule has 0 bridgehead atoms. The van der Waals surface area contributed by atoms with Crippen molar-refractivity contribution in [3.8, 4) is 0 Å². The zero-order valence-corrected chi connectivity index (χ0v) is 8.92. The van der Waals surface area contributed by atoms with Crippen molar-refractivity contribution in [3.05, 3.63) is 33.1 Å². The molecule has 3 N–H and O–H groups in total. The Labute approximate surface area is 98.3 Å². The summed E-state index contributed by atoms with van der Waals surface area (Å²) >= 11 is 0. The van der Waals surface area contributed by atoms with Gasteiger partial charge in [0.05, 0.1) is 6.61 Å². The second-order valence-electron chi connectivity index (χ2n) is 3.85. The summed E-state index contributed by atoms with van der Waals surface area (Å²) in [6, 6.07) is 0.874. The van der Waals surface area contributed by atoms with E-state index in [-0.39, 0.29) is 0 Å². The Kier molecular flexibility index (Phi) is 3.05. The Hall–Kier alpha value is -1.58. The predicted octanol–water partition coefficient (Wildman–Crippen LogP) is -1.58. The molecular formula is C9H10F2N2O5. The average Bonchev–Trinajstić information content (AvgIpc) is 2.52. The number of ether oxygens (including phenoxy) is 1. The standard InChI is InChI=1S/C9H10F2N2O5/c10-9(11)6(16)4(3-14)18-7(9)13-2-1-5(15)12-8(13)17/h1-2,4,6-7,14,16H,3H2,(H,12,15,17)/t4-,6-,7-/m0/s1. The van der Waals surface area contributed by atoms with Crippen molar-refractivity contribution in [2.75, 3.05) is 6.61 Å². The van der Waals surface area contributed by atoms with Gasteiger partial charge in [0.2, 0.25) is 6.23 Å². The van der Waals surface area contributed by atoms with Gasteiger partial charge in [-0.05, 0) is 0 Å². The molecule has 0 aliphatic carbocycles. The number of aromatic nitrogens is 2. The minimum absolute atomic E-state index is 0.459. The summed E-state index contributed by atoms with van der Waals surface area (Å²) in [6.07, 6.45) is -4.96. The third kappa shape index (κ3) is 1.85. The Morgan fingerprint density at radius 2 is 2.17 bits per heavy atom. The molecular weight excluding hydrogens is 254 g/mol. The third-order valence-electron chi connectivity index (χ3n) is 2.66. The summed E-state index contributed by atoms with van der Waals surface area (Å²) in [5.74, 6) is -3.75. The zero-order valence-electron chi connectivity index (χ0n) is 8.92. The van der Waals surface area contributed by atoms with Gasteiger partial charge < -0.3 is 14.9 Å². The van der Waals surface area contributed by atoms with Gasteiger partial charge in [0, 0.05) is 12.3 Å². The highest BCUT2D eigenvalue weighted by Gasteiger charge is 2.59. The van der Waals surface area contributed by atoms with Crippen LogP contribution < -0.4 is 11.2 Å². The molecule has 0 radical (unpaired) electrons. The van der Waals surface area contributed by atoms with Gasteiger partial charge in [0.1, 0.15) is 6.10 Å². The smallest absolute Gasteiger partial charge is 0.330 e. The fraction of sp³-hybridized carbons (Fsp3) is 0.556. The lowest BCUT2D eigenvalue weighted by Crippen LogP contribution is -2.42. The van der Waals surface area contributed by atoms with Gasteiger partial charge in [-0.1, -0.05) is 0 Å². The molecule has 1 aromatic rings. The molecule has 0 aromatic carbocycles. The second kappa shape index (κ2) is 4.26. The van der Waals surface area contributed by atoms with Crippen LogP contribution in [0.4, 0.5) is 8.78 Å². The number of rotatable bonds is 2. The van der Waals surface area contributed by atoms with E-state index >= 15 is 0 Å². The van der Waals surface area contributed by atoms with Crippen LogP contribution in [-0.2, 0) is 4.74 Å². The van der Waals surface area contributed by atoms with Gasteiger partial charge in [-0.25, -0.2) is 4.79 Å². The Morgan fingerprint density at radius 3 is 2.67 bits per heavy atom. The minimum Gasteiger partial charge on any atom is -0.394 e. The maximum atomic E-state index is 13.7. The highest BCUT2D eigenvalue weighted by atomic mass is 19.3. The molecule has 0 spiro atoms. The summed E-state index contributed by atoms with van der Waals surface area (Å²) in [4.78, 5) is 24.0. The summed E-state index contributed by atoms with van der Waals surface area (Å²) in [7, 11) is 0. The van der Waals surface area contributed by atoms with Crippen LogP contribution in [-0.4, -0.2) is 44.5 Å². The first kappa shape index (κ1) is 12.9. The molecule has 1 fully saturated rings. The molecule has 9 heteroatoms. The maximum Gasteiger partial charge on any atom is 0.330 e. The van der Waals surface area contributed by atoms with E-state index < -0.39 is 42.2 Å². The normalized spacial score (nSPS) is 30.6. The number of halogens is 2. The summed E-state index contributed by atoms with van der Waals surface area (Å²) in [5, 5.41) is 18.1. The topological polar surface area (TPSA) is 105 Å². The fourth-order valence-electron chi connectivity index (χ4n) is 1.73. The third-order valence-corrected chi connectivity index (χ3v) is 2.66. The molecule has 1 aromatic heterocycles. The van der Waals surface area contributed by atoms with Crippen molar-refractivity contribution in [2.45, 2.75) is 24.4 Å². The first-order valence-electron chi connectivity index (χ1n) is 5.01. The molecule has 100 valence electrons. The summed E-state index contributed by atoms with van der Waals surface area (Å²) in [6.45, 7) is -0.814. The van der Waals surface area contributed by atoms with E-state index in [0.29, 0.717) is 4.57 Å². The lowest BCUT2D eigenvalue weighted by atomic mass is 10.1. The van der Waals surface area contributed by atoms with E-state index in [1.807, 2.05) is 0 Å². The number of hydrogen-bond donors (Lipinski definition) is 3. The Bertz CT molecular complexity index is 554. The van der Waals surface area contributed by atoms with Crippen molar-refractivity contribution in [2.24, 2.45) is 0 Å². The first-order valence-corrected chi connectivity index (χ1v) is 5.01. The lowest BCUT2D eigenvalue weighted by molar-refractivity contribution is -0.141. The SMILES string of the molecule is O=c1ccn([C@H]2O[C@@H](CO)[C@H](O)C2(F)F)c(=O)[nH]1. The molecule has 0 unspecified atom stereocenters. The van der Waals surface area contributed by atoms with Crippen LogP contribution in [0.15, 0.2) is 21.9 Å². The van der Waals surface area contributed by atoms with Gasteiger partial charge in [0.15, 0.2) is 6.10 Å². The van der Waals surface area contributed by atoms with Crippen LogP contribution in [0, 0.1) is 0 Å². The fourth-order valence-corrected chi connectivity index (χ4v) is 1.73. The first-order chi connectivity index (χ1) is 8.37. The van der Waals surface area contributed by atoms with Crippen molar-refractivity contribution in [3.63, 3.8) is 0 Å². The number of nitrogens with zero attached hydrogens (tertiary/aromatic N) is 1. The van der Waals surface area contributed by atoms with Crippen LogP contribution in [0.5, 0.6) is 0 Å². The van der Waals surface area contributed by atoms with Crippen molar-refractivity contribution < 1.29 is 23.7 Å². The molecule has 1 saturated heterocycles. The number of nitrogens with one attached hydrogen (secondary N) is 1.